The van der Waals surface area contributed by atoms with E-state index in [0.29, 0.717) is 21.3 Å². The van der Waals surface area contributed by atoms with Gasteiger partial charge in [0.05, 0.1) is 27.5 Å². The number of rotatable bonds is 3. The number of pyridine rings is 2. The van der Waals surface area contributed by atoms with Gasteiger partial charge in [-0.25, -0.2) is 4.68 Å². The van der Waals surface area contributed by atoms with Crippen LogP contribution in [-0.4, -0.2) is 19.3 Å². The summed E-state index contributed by atoms with van der Waals surface area (Å²) in [6.45, 7) is -2.89. The Balaban J connectivity index is 1.98. The van der Waals surface area contributed by atoms with Gasteiger partial charge >= 0.3 is 6.55 Å². The zero-order chi connectivity index (χ0) is 20.3. The standard InChI is InChI=1S/C20H12ClF2N5O/c21-14-7-16-12(6-11(14)8-24)13-9-27(20(22)23)26-18(13)19(29)28(16)15-2-1-5-25-17(15)10-3-4-10/h1-2,5-7,9-10,20H,3-4H2. The largest absolute Gasteiger partial charge is 0.333 e. The van der Waals surface area contributed by atoms with Crippen LogP contribution in [0.1, 0.15) is 36.6 Å². The minimum absolute atomic E-state index is 0.102. The summed E-state index contributed by atoms with van der Waals surface area (Å²) in [5.74, 6) is 0.247. The number of nitrogens with zero attached hydrogens (tertiary/aromatic N) is 5. The molecule has 3 heterocycles. The highest BCUT2D eigenvalue weighted by Crippen LogP contribution is 2.42. The second-order valence-electron chi connectivity index (χ2n) is 6.93. The Labute approximate surface area is 167 Å². The number of alkyl halides is 2. The number of hydrogen-bond donors (Lipinski definition) is 0. The van der Waals surface area contributed by atoms with Crippen LogP contribution in [0.2, 0.25) is 5.02 Å². The van der Waals surface area contributed by atoms with E-state index in [1.54, 1.807) is 18.3 Å². The first-order valence-electron chi connectivity index (χ1n) is 8.90. The predicted molar refractivity (Wildman–Crippen MR) is 104 cm³/mol. The van der Waals surface area contributed by atoms with Crippen molar-refractivity contribution in [3.05, 3.63) is 63.3 Å². The van der Waals surface area contributed by atoms with Gasteiger partial charge in [-0.05, 0) is 37.1 Å². The maximum atomic E-state index is 13.3. The highest BCUT2D eigenvalue weighted by molar-refractivity contribution is 6.32. The van der Waals surface area contributed by atoms with Crippen molar-refractivity contribution in [1.29, 1.82) is 5.26 Å². The number of hydrogen-bond acceptors (Lipinski definition) is 4. The van der Waals surface area contributed by atoms with E-state index in [1.165, 1.54) is 16.7 Å². The molecule has 3 aromatic heterocycles. The summed E-state index contributed by atoms with van der Waals surface area (Å²) in [5.41, 5.74) is 1.29. The molecule has 0 aliphatic heterocycles. The Kier molecular flexibility index (Phi) is 3.89. The van der Waals surface area contributed by atoms with Crippen LogP contribution in [0.4, 0.5) is 8.78 Å². The molecule has 0 saturated heterocycles. The second kappa shape index (κ2) is 6.36. The molecule has 1 saturated carbocycles. The van der Waals surface area contributed by atoms with Crippen molar-refractivity contribution in [1.82, 2.24) is 19.3 Å². The highest BCUT2D eigenvalue weighted by Gasteiger charge is 2.29. The summed E-state index contributed by atoms with van der Waals surface area (Å²) in [7, 11) is 0. The van der Waals surface area contributed by atoms with E-state index < -0.39 is 12.1 Å². The first kappa shape index (κ1) is 17.8. The molecule has 1 aliphatic carbocycles. The van der Waals surface area contributed by atoms with Crippen molar-refractivity contribution in [3.8, 4) is 11.8 Å². The highest BCUT2D eigenvalue weighted by atomic mass is 35.5. The summed E-state index contributed by atoms with van der Waals surface area (Å²) < 4.78 is 28.4. The minimum atomic E-state index is -2.89. The molecule has 0 bridgehead atoms. The molecule has 1 aliphatic rings. The molecule has 0 spiro atoms. The lowest BCUT2D eigenvalue weighted by Crippen LogP contribution is -2.21. The maximum Gasteiger partial charge on any atom is 0.333 e. The van der Waals surface area contributed by atoms with Gasteiger partial charge in [-0.3, -0.25) is 14.3 Å². The lowest BCUT2D eigenvalue weighted by Gasteiger charge is -2.15. The van der Waals surface area contributed by atoms with Crippen molar-refractivity contribution in [2.24, 2.45) is 0 Å². The normalized spacial score (nSPS) is 14.0. The van der Waals surface area contributed by atoms with Gasteiger partial charge in [-0.1, -0.05) is 11.6 Å². The summed E-state index contributed by atoms with van der Waals surface area (Å²) in [6, 6.07) is 8.48. The molecular formula is C20H12ClF2N5O. The van der Waals surface area contributed by atoms with Crippen LogP contribution in [0.25, 0.3) is 27.5 Å². The van der Waals surface area contributed by atoms with Crippen LogP contribution in [0.3, 0.4) is 0 Å². The van der Waals surface area contributed by atoms with Gasteiger partial charge in [-0.15, -0.1) is 0 Å². The molecule has 0 amide bonds. The number of fused-ring (bicyclic) bond motifs is 3. The Morgan fingerprint density at radius 3 is 2.76 bits per heavy atom. The molecule has 0 atom stereocenters. The Hall–Kier alpha value is -3.31. The number of halogens is 3. The van der Waals surface area contributed by atoms with Gasteiger partial charge in [-0.2, -0.15) is 19.1 Å². The molecule has 4 aromatic rings. The summed E-state index contributed by atoms with van der Waals surface area (Å²) >= 11 is 6.24. The zero-order valence-electron chi connectivity index (χ0n) is 14.8. The van der Waals surface area contributed by atoms with Crippen molar-refractivity contribution >= 4 is 33.4 Å². The molecule has 5 rings (SSSR count). The van der Waals surface area contributed by atoms with Crippen molar-refractivity contribution in [3.63, 3.8) is 0 Å². The van der Waals surface area contributed by atoms with Crippen LogP contribution < -0.4 is 5.56 Å². The van der Waals surface area contributed by atoms with Crippen LogP contribution >= 0.6 is 11.6 Å². The van der Waals surface area contributed by atoms with E-state index >= 15 is 0 Å². The number of aromatic nitrogens is 4. The van der Waals surface area contributed by atoms with Gasteiger partial charge in [0.2, 0.25) is 0 Å². The monoisotopic (exact) mass is 411 g/mol. The van der Waals surface area contributed by atoms with E-state index in [0.717, 1.165) is 24.7 Å². The lowest BCUT2D eigenvalue weighted by molar-refractivity contribution is 0.0573. The molecule has 6 nitrogen and oxygen atoms in total. The average molecular weight is 412 g/mol. The lowest BCUT2D eigenvalue weighted by atomic mass is 10.1. The van der Waals surface area contributed by atoms with E-state index in [-0.39, 0.29) is 27.4 Å². The smallest absolute Gasteiger partial charge is 0.273 e. The third kappa shape index (κ3) is 2.69. The van der Waals surface area contributed by atoms with E-state index in [1.807, 2.05) is 6.07 Å². The fourth-order valence-corrected chi connectivity index (χ4v) is 3.82. The molecule has 0 radical (unpaired) electrons. The third-order valence-electron chi connectivity index (χ3n) is 5.10. The second-order valence-corrected chi connectivity index (χ2v) is 7.34. The van der Waals surface area contributed by atoms with Crippen LogP contribution in [0.5, 0.6) is 0 Å². The SMILES string of the molecule is N#Cc1cc2c3cn(C(F)F)nc3c(=O)n(-c3cccnc3C3CC3)c2cc1Cl. The van der Waals surface area contributed by atoms with Crippen LogP contribution in [0, 0.1) is 11.3 Å². The quantitative estimate of drug-likeness (QED) is 0.496. The molecule has 0 N–H and O–H groups in total. The third-order valence-corrected chi connectivity index (χ3v) is 5.41. The van der Waals surface area contributed by atoms with Crippen molar-refractivity contribution in [2.45, 2.75) is 25.3 Å². The Morgan fingerprint density at radius 2 is 2.07 bits per heavy atom. The predicted octanol–water partition coefficient (Wildman–Crippen LogP) is 4.53. The molecule has 1 fully saturated rings. The van der Waals surface area contributed by atoms with E-state index in [2.05, 4.69) is 10.1 Å². The van der Waals surface area contributed by atoms with E-state index in [9.17, 15) is 18.8 Å². The minimum Gasteiger partial charge on any atom is -0.273 e. The topological polar surface area (TPSA) is 76.5 Å². The Morgan fingerprint density at radius 1 is 1.28 bits per heavy atom. The fraction of sp³-hybridized carbons (Fsp3) is 0.200. The van der Waals surface area contributed by atoms with Gasteiger partial charge < -0.3 is 0 Å². The molecular weight excluding hydrogens is 400 g/mol. The molecule has 144 valence electrons. The number of nitriles is 1. The van der Waals surface area contributed by atoms with Crippen LogP contribution in [0.15, 0.2) is 41.5 Å². The van der Waals surface area contributed by atoms with Gasteiger partial charge in [0.15, 0.2) is 5.52 Å². The van der Waals surface area contributed by atoms with Crippen molar-refractivity contribution in [2.75, 3.05) is 0 Å². The molecule has 29 heavy (non-hydrogen) atoms. The summed E-state index contributed by atoms with van der Waals surface area (Å²) in [5, 5.41) is 14.0. The summed E-state index contributed by atoms with van der Waals surface area (Å²) in [4.78, 5) is 17.8. The van der Waals surface area contributed by atoms with E-state index in [4.69, 9.17) is 11.6 Å². The molecule has 1 aromatic carbocycles. The summed E-state index contributed by atoms with van der Waals surface area (Å²) in [6.07, 6.45) is 4.72. The maximum absolute atomic E-state index is 13.3. The molecule has 9 heteroatoms. The average Bonchev–Trinajstić information content (AvgIpc) is 3.45. The zero-order valence-corrected chi connectivity index (χ0v) is 15.6. The van der Waals surface area contributed by atoms with Crippen LogP contribution in [-0.2, 0) is 0 Å². The van der Waals surface area contributed by atoms with Gasteiger partial charge in [0.25, 0.3) is 5.56 Å². The molecule has 0 unspecified atom stereocenters. The Bertz CT molecular complexity index is 1400. The fourth-order valence-electron chi connectivity index (χ4n) is 3.62. The first-order valence-corrected chi connectivity index (χ1v) is 9.28. The van der Waals surface area contributed by atoms with Gasteiger partial charge in [0.1, 0.15) is 6.07 Å². The first-order chi connectivity index (χ1) is 14.0. The number of benzene rings is 1. The van der Waals surface area contributed by atoms with Crippen molar-refractivity contribution < 1.29 is 8.78 Å². The van der Waals surface area contributed by atoms with Gasteiger partial charge in [0, 0.05) is 29.1 Å².